The molecule has 0 aromatic carbocycles. The van der Waals surface area contributed by atoms with Crippen LogP contribution >= 0.6 is 7.60 Å². The molecule has 1 heterocycles. The van der Waals surface area contributed by atoms with Crippen molar-refractivity contribution in [3.05, 3.63) is 29.9 Å². The van der Waals surface area contributed by atoms with Crippen LogP contribution in [0, 0.1) is 13.8 Å². The summed E-state index contributed by atoms with van der Waals surface area (Å²) in [6, 6.07) is 0. The van der Waals surface area contributed by atoms with Crippen LogP contribution in [0.3, 0.4) is 0 Å². The Morgan fingerprint density at radius 1 is 1.67 bits per heavy atom. The molecule has 1 aromatic rings. The van der Waals surface area contributed by atoms with Crippen LogP contribution < -0.4 is 5.48 Å². The molecule has 0 aliphatic heterocycles. The van der Waals surface area contributed by atoms with E-state index in [1.807, 2.05) is 6.92 Å². The number of anilines is 1. The first-order valence-electron chi connectivity index (χ1n) is 4.15. The summed E-state index contributed by atoms with van der Waals surface area (Å²) in [5.41, 5.74) is 3.89. The van der Waals surface area contributed by atoms with E-state index < -0.39 is 7.60 Å². The first kappa shape index (κ1) is 11.8. The maximum Gasteiger partial charge on any atom is 0.372 e. The van der Waals surface area contributed by atoms with Crippen molar-refractivity contribution in [1.29, 1.82) is 0 Å². The second-order valence-electron chi connectivity index (χ2n) is 2.90. The van der Waals surface area contributed by atoms with Crippen LogP contribution in [0.5, 0.6) is 0 Å². The lowest BCUT2D eigenvalue weighted by molar-refractivity contribution is 0.319. The third kappa shape index (κ3) is 3.43. The third-order valence-corrected chi connectivity index (χ3v) is 2.54. The van der Waals surface area contributed by atoms with Crippen molar-refractivity contribution in [2.24, 2.45) is 0 Å². The molecule has 7 heteroatoms. The first-order valence-corrected chi connectivity index (χ1v) is 5.80. The van der Waals surface area contributed by atoms with Crippen molar-refractivity contribution >= 4 is 13.5 Å². The fourth-order valence-corrected chi connectivity index (χ4v) is 1.01. The predicted molar refractivity (Wildman–Crippen MR) is 56.2 cm³/mol. The molecule has 0 radical (unpaired) electrons. The second-order valence-corrected chi connectivity index (χ2v) is 4.58. The summed E-state index contributed by atoms with van der Waals surface area (Å²) >= 11 is 0. The minimum atomic E-state index is -3.79. The summed E-state index contributed by atoms with van der Waals surface area (Å²) < 4.78 is 15.5. The number of nitrogens with zero attached hydrogens (tertiary/aromatic N) is 2. The molecule has 6 nitrogen and oxygen atoms in total. The zero-order chi connectivity index (χ0) is 11.5. The van der Waals surface area contributed by atoms with Gasteiger partial charge in [0.1, 0.15) is 0 Å². The van der Waals surface area contributed by atoms with Gasteiger partial charge in [-0.2, -0.15) is 4.62 Å². The van der Waals surface area contributed by atoms with E-state index in [1.165, 1.54) is 0 Å². The molecule has 15 heavy (non-hydrogen) atoms. The maximum atomic E-state index is 11.0. The van der Waals surface area contributed by atoms with Crippen LogP contribution in [0.4, 0.5) is 5.95 Å². The molecule has 1 unspecified atom stereocenters. The molecule has 1 rings (SSSR count). The molecule has 0 saturated heterocycles. The highest BCUT2D eigenvalue weighted by Crippen LogP contribution is 2.42. The Morgan fingerprint density at radius 3 is 2.87 bits per heavy atom. The molecule has 1 aromatic heterocycles. The van der Waals surface area contributed by atoms with E-state index in [-0.39, 0.29) is 5.95 Å². The van der Waals surface area contributed by atoms with Crippen LogP contribution in [0.1, 0.15) is 11.3 Å². The lowest BCUT2D eigenvalue weighted by atomic mass is 10.3. The lowest BCUT2D eigenvalue weighted by Crippen LogP contribution is -2.04. The lowest BCUT2D eigenvalue weighted by Gasteiger charge is -2.08. The summed E-state index contributed by atoms with van der Waals surface area (Å²) in [5, 5.41) is 0. The zero-order valence-corrected chi connectivity index (χ0v) is 9.36. The highest BCUT2D eigenvalue weighted by Gasteiger charge is 2.14. The van der Waals surface area contributed by atoms with Crippen molar-refractivity contribution in [2.75, 3.05) is 5.48 Å². The van der Waals surface area contributed by atoms with Gasteiger partial charge in [0.05, 0.1) is 0 Å². The quantitative estimate of drug-likeness (QED) is 0.604. The minimum absolute atomic E-state index is 0.134. The van der Waals surface area contributed by atoms with Gasteiger partial charge in [-0.3, -0.25) is 4.57 Å². The number of aromatic nitrogens is 2. The number of aryl methyl sites for hydroxylation is 2. The van der Waals surface area contributed by atoms with Gasteiger partial charge in [0.25, 0.3) is 0 Å². The maximum absolute atomic E-state index is 11.0. The third-order valence-electron chi connectivity index (χ3n) is 1.72. The number of hydrogen-bond acceptors (Lipinski definition) is 5. The second kappa shape index (κ2) is 4.53. The molecule has 1 atom stereocenters. The Morgan fingerprint density at radius 2 is 2.33 bits per heavy atom. The molecule has 0 saturated carbocycles. The topological polar surface area (TPSA) is 84.3 Å². The molecule has 0 fully saturated rings. The molecule has 2 N–H and O–H groups in total. The monoisotopic (exact) mass is 229 g/mol. The van der Waals surface area contributed by atoms with Crippen LogP contribution in [0.15, 0.2) is 18.6 Å². The molecular weight excluding hydrogens is 217 g/mol. The van der Waals surface area contributed by atoms with Crippen LogP contribution in [0.25, 0.3) is 0 Å². The van der Waals surface area contributed by atoms with Gasteiger partial charge < -0.3 is 4.89 Å². The number of rotatable bonds is 4. The highest BCUT2D eigenvalue weighted by atomic mass is 31.2. The van der Waals surface area contributed by atoms with E-state index >= 15 is 0 Å². The summed E-state index contributed by atoms with van der Waals surface area (Å²) in [5.74, 6) is 0.954. The van der Waals surface area contributed by atoms with E-state index in [0.717, 1.165) is 17.1 Å². The fourth-order valence-electron chi connectivity index (χ4n) is 0.720. The van der Waals surface area contributed by atoms with Crippen molar-refractivity contribution in [1.82, 2.24) is 9.97 Å². The Bertz CT molecular complexity index is 422. The van der Waals surface area contributed by atoms with Gasteiger partial charge in [-0.25, -0.2) is 15.4 Å². The Hall–Kier alpha value is -1.23. The average molecular weight is 229 g/mol. The number of nitrogens with one attached hydrogen (secondary N) is 1. The Labute approximate surface area is 87.5 Å². The predicted octanol–water partition coefficient (Wildman–Crippen LogP) is 1.77. The average Bonchev–Trinajstić information content (AvgIpc) is 2.20. The summed E-state index contributed by atoms with van der Waals surface area (Å²) in [6.45, 7) is 6.82. The summed E-state index contributed by atoms with van der Waals surface area (Å²) in [4.78, 5) is 16.9. The Balaban J connectivity index is 2.70. The van der Waals surface area contributed by atoms with Crippen molar-refractivity contribution in [3.63, 3.8) is 0 Å². The van der Waals surface area contributed by atoms with E-state index in [0.29, 0.717) is 0 Å². The van der Waals surface area contributed by atoms with Gasteiger partial charge in [0.2, 0.25) is 5.95 Å². The summed E-state index contributed by atoms with van der Waals surface area (Å²) in [6.07, 6.45) is 1.59. The van der Waals surface area contributed by atoms with Gasteiger partial charge in [0.15, 0.2) is 0 Å². The van der Waals surface area contributed by atoms with E-state index in [4.69, 9.17) is 4.89 Å². The summed E-state index contributed by atoms with van der Waals surface area (Å²) in [7, 11) is -3.79. The van der Waals surface area contributed by atoms with Crippen molar-refractivity contribution < 1.29 is 14.1 Å². The van der Waals surface area contributed by atoms with Gasteiger partial charge in [-0.05, 0) is 19.4 Å². The smallest absolute Gasteiger partial charge is 0.320 e. The van der Waals surface area contributed by atoms with Gasteiger partial charge in [-0.15, -0.1) is 0 Å². The molecule has 0 aliphatic carbocycles. The highest BCUT2D eigenvalue weighted by molar-refractivity contribution is 7.56. The van der Waals surface area contributed by atoms with Gasteiger partial charge in [0, 0.05) is 17.7 Å². The number of hydrogen-bond donors (Lipinski definition) is 2. The van der Waals surface area contributed by atoms with Gasteiger partial charge in [-0.1, -0.05) is 6.58 Å². The molecular formula is C8H12N3O3P. The molecule has 0 aliphatic rings. The molecule has 0 bridgehead atoms. The van der Waals surface area contributed by atoms with E-state index in [2.05, 4.69) is 26.7 Å². The van der Waals surface area contributed by atoms with E-state index in [1.54, 1.807) is 13.1 Å². The molecule has 82 valence electrons. The molecule has 0 amide bonds. The minimum Gasteiger partial charge on any atom is -0.320 e. The van der Waals surface area contributed by atoms with Crippen LogP contribution in [0.2, 0.25) is 0 Å². The van der Waals surface area contributed by atoms with Crippen molar-refractivity contribution in [3.8, 4) is 0 Å². The molecule has 0 spiro atoms. The van der Waals surface area contributed by atoms with Crippen molar-refractivity contribution in [2.45, 2.75) is 13.8 Å². The largest absolute Gasteiger partial charge is 0.372 e. The first-order chi connectivity index (χ1) is 6.94. The fraction of sp³-hybridized carbons (Fsp3) is 0.250. The van der Waals surface area contributed by atoms with Crippen LogP contribution in [-0.2, 0) is 9.19 Å². The van der Waals surface area contributed by atoms with Crippen LogP contribution in [-0.4, -0.2) is 14.9 Å². The Kier molecular flexibility index (Phi) is 3.57. The zero-order valence-electron chi connectivity index (χ0n) is 8.47. The van der Waals surface area contributed by atoms with Gasteiger partial charge >= 0.3 is 7.60 Å². The normalized spacial score (nSPS) is 14.3. The standard InChI is InChI=1S/C8H12N3O3P/c1-4-15(12,13)14-11-8-9-5-6(2)7(3)10-8/h4-5H,1H2,2-3H3,(H,12,13)(H,9,10,11). The SMILES string of the molecule is C=CP(=O)(O)ONc1ncc(C)c(C)n1. The van der Waals surface area contributed by atoms with E-state index in [9.17, 15) is 4.57 Å².